The maximum absolute atomic E-state index is 6.40. The van der Waals surface area contributed by atoms with E-state index in [2.05, 4.69) is 31.3 Å². The van der Waals surface area contributed by atoms with Crippen molar-refractivity contribution in [2.24, 2.45) is 0 Å². The molecule has 19 heavy (non-hydrogen) atoms. The van der Waals surface area contributed by atoms with Gasteiger partial charge in [-0.3, -0.25) is 0 Å². The highest BCUT2D eigenvalue weighted by Crippen LogP contribution is 2.44. The zero-order chi connectivity index (χ0) is 13.4. The van der Waals surface area contributed by atoms with Gasteiger partial charge >= 0.3 is 0 Å². The van der Waals surface area contributed by atoms with Gasteiger partial charge in [0.15, 0.2) is 0 Å². The molecule has 0 spiro atoms. The molecule has 0 aromatic heterocycles. The molecular weight excluding hydrogens is 258 g/mol. The fourth-order valence-corrected chi connectivity index (χ4v) is 3.05. The van der Waals surface area contributed by atoms with E-state index in [4.69, 9.17) is 16.3 Å². The molecule has 2 aromatic rings. The van der Waals surface area contributed by atoms with Crippen LogP contribution >= 0.6 is 11.6 Å². The Bertz CT molecular complexity index is 611. The summed E-state index contributed by atoms with van der Waals surface area (Å²) >= 11 is 6.40. The summed E-state index contributed by atoms with van der Waals surface area (Å²) in [6.07, 6.45) is 1.25. The van der Waals surface area contributed by atoms with Crippen LogP contribution in [0, 0.1) is 0 Å². The van der Waals surface area contributed by atoms with Gasteiger partial charge in [0, 0.05) is 21.4 Å². The second kappa shape index (κ2) is 5.03. The number of hydrogen-bond donors (Lipinski definition) is 1. The highest BCUT2D eigenvalue weighted by molar-refractivity contribution is 6.36. The summed E-state index contributed by atoms with van der Waals surface area (Å²) < 4.78 is 6.06. The van der Waals surface area contributed by atoms with Crippen LogP contribution in [0.2, 0.25) is 5.02 Å². The third-order valence-electron chi connectivity index (χ3n) is 3.70. The average Bonchev–Trinajstić information content (AvgIpc) is 2.73. The summed E-state index contributed by atoms with van der Waals surface area (Å²) in [6, 6.07) is 10.4. The third-order valence-corrected chi connectivity index (χ3v) is 4.01. The molecule has 2 unspecified atom stereocenters. The van der Waals surface area contributed by atoms with Crippen LogP contribution < -0.4 is 10.1 Å². The van der Waals surface area contributed by atoms with E-state index in [0.29, 0.717) is 0 Å². The van der Waals surface area contributed by atoms with Crippen LogP contribution in [0.1, 0.15) is 31.9 Å². The molecule has 0 amide bonds. The van der Waals surface area contributed by atoms with Gasteiger partial charge in [-0.2, -0.15) is 0 Å². The quantitative estimate of drug-likeness (QED) is 0.901. The first-order chi connectivity index (χ1) is 9.22. The summed E-state index contributed by atoms with van der Waals surface area (Å²) in [6.45, 7) is 5.26. The Labute approximate surface area is 118 Å². The summed E-state index contributed by atoms with van der Waals surface area (Å²) in [7, 11) is 0. The largest absolute Gasteiger partial charge is 0.488 e. The van der Waals surface area contributed by atoms with E-state index in [1.807, 2.05) is 18.2 Å². The summed E-state index contributed by atoms with van der Waals surface area (Å²) in [5.41, 5.74) is 1.18. The van der Waals surface area contributed by atoms with Crippen molar-refractivity contribution >= 4 is 22.4 Å². The smallest absolute Gasteiger partial charge is 0.132 e. The van der Waals surface area contributed by atoms with Crippen LogP contribution in [0.5, 0.6) is 5.75 Å². The van der Waals surface area contributed by atoms with Crippen molar-refractivity contribution in [1.82, 2.24) is 5.32 Å². The highest BCUT2D eigenvalue weighted by atomic mass is 35.5. The van der Waals surface area contributed by atoms with Crippen LogP contribution in [0.4, 0.5) is 0 Å². The Kier molecular flexibility index (Phi) is 3.38. The molecule has 3 rings (SSSR count). The van der Waals surface area contributed by atoms with Crippen LogP contribution in [0.15, 0.2) is 30.3 Å². The van der Waals surface area contributed by atoms with E-state index in [1.54, 1.807) is 0 Å². The molecule has 2 aromatic carbocycles. The van der Waals surface area contributed by atoms with Gasteiger partial charge in [0.2, 0.25) is 0 Å². The predicted molar refractivity (Wildman–Crippen MR) is 80.1 cm³/mol. The first-order valence-corrected chi connectivity index (χ1v) is 7.21. The van der Waals surface area contributed by atoms with Gasteiger partial charge in [-0.1, -0.05) is 42.8 Å². The Morgan fingerprint density at radius 3 is 2.74 bits per heavy atom. The van der Waals surface area contributed by atoms with Crippen LogP contribution in [-0.4, -0.2) is 12.6 Å². The molecule has 2 atom stereocenters. The molecule has 0 radical (unpaired) electrons. The minimum Gasteiger partial charge on any atom is -0.488 e. The standard InChI is InChI=1S/C16H18ClNO/c1-3-8-18-15-10(2)19-16-12-7-5-4-6-11(12)14(17)9-13(15)16/h4-7,9-10,15,18H,3,8H2,1-2H3. The molecule has 0 aliphatic carbocycles. The SMILES string of the molecule is CCCNC1c2cc(Cl)c3ccccc3c2OC1C. The topological polar surface area (TPSA) is 21.3 Å². The first-order valence-electron chi connectivity index (χ1n) is 6.83. The minimum absolute atomic E-state index is 0.142. The van der Waals surface area contributed by atoms with Crippen molar-refractivity contribution in [2.45, 2.75) is 32.4 Å². The van der Waals surface area contributed by atoms with Crippen LogP contribution in [0.25, 0.3) is 10.8 Å². The van der Waals surface area contributed by atoms with Gasteiger partial charge in [-0.05, 0) is 26.0 Å². The minimum atomic E-state index is 0.142. The second-order valence-electron chi connectivity index (χ2n) is 5.08. The van der Waals surface area contributed by atoms with E-state index in [-0.39, 0.29) is 12.1 Å². The molecular formula is C16H18ClNO. The Morgan fingerprint density at radius 2 is 2.00 bits per heavy atom. The molecule has 0 fully saturated rings. The fraction of sp³-hybridized carbons (Fsp3) is 0.375. The van der Waals surface area contributed by atoms with Crippen molar-refractivity contribution in [1.29, 1.82) is 0 Å². The highest BCUT2D eigenvalue weighted by Gasteiger charge is 2.32. The van der Waals surface area contributed by atoms with Crippen LogP contribution in [-0.2, 0) is 0 Å². The number of benzene rings is 2. The van der Waals surface area contributed by atoms with E-state index >= 15 is 0 Å². The number of nitrogens with one attached hydrogen (secondary N) is 1. The Hall–Kier alpha value is -1.25. The molecule has 0 saturated heterocycles. The van der Waals surface area contributed by atoms with E-state index in [1.165, 1.54) is 5.56 Å². The second-order valence-corrected chi connectivity index (χ2v) is 5.48. The average molecular weight is 276 g/mol. The molecule has 0 bridgehead atoms. The first kappa shape index (κ1) is 12.8. The summed E-state index contributed by atoms with van der Waals surface area (Å²) in [5.74, 6) is 0.987. The molecule has 0 saturated carbocycles. The molecule has 2 nitrogen and oxygen atoms in total. The predicted octanol–water partition coefficient (Wildman–Crippen LogP) is 4.31. The van der Waals surface area contributed by atoms with Crippen LogP contribution in [0.3, 0.4) is 0 Å². The fourth-order valence-electron chi connectivity index (χ4n) is 2.77. The Balaban J connectivity index is 2.13. The zero-order valence-electron chi connectivity index (χ0n) is 11.2. The normalized spacial score (nSPS) is 21.4. The van der Waals surface area contributed by atoms with Crippen molar-refractivity contribution < 1.29 is 4.74 Å². The number of hydrogen-bond acceptors (Lipinski definition) is 2. The third kappa shape index (κ3) is 2.09. The number of ether oxygens (including phenoxy) is 1. The lowest BCUT2D eigenvalue weighted by Crippen LogP contribution is -2.29. The van der Waals surface area contributed by atoms with Crippen molar-refractivity contribution in [3.05, 3.63) is 40.9 Å². The van der Waals surface area contributed by atoms with Gasteiger partial charge in [-0.25, -0.2) is 0 Å². The summed E-state index contributed by atoms with van der Waals surface area (Å²) in [4.78, 5) is 0. The van der Waals surface area contributed by atoms with Gasteiger partial charge in [-0.15, -0.1) is 0 Å². The molecule has 1 N–H and O–H groups in total. The van der Waals surface area contributed by atoms with E-state index in [9.17, 15) is 0 Å². The maximum atomic E-state index is 6.40. The Morgan fingerprint density at radius 1 is 1.26 bits per heavy atom. The lowest BCUT2D eigenvalue weighted by molar-refractivity contribution is 0.211. The maximum Gasteiger partial charge on any atom is 0.132 e. The van der Waals surface area contributed by atoms with Crippen molar-refractivity contribution in [2.75, 3.05) is 6.54 Å². The lowest BCUT2D eigenvalue weighted by atomic mass is 10.00. The van der Waals surface area contributed by atoms with Gasteiger partial charge in [0.05, 0.1) is 6.04 Å². The lowest BCUT2D eigenvalue weighted by Gasteiger charge is -2.16. The molecule has 1 aliphatic heterocycles. The number of fused-ring (bicyclic) bond motifs is 3. The zero-order valence-corrected chi connectivity index (χ0v) is 12.0. The van der Waals surface area contributed by atoms with Crippen molar-refractivity contribution in [3.63, 3.8) is 0 Å². The summed E-state index contributed by atoms with van der Waals surface area (Å²) in [5, 5.41) is 6.52. The number of halogens is 1. The van der Waals surface area contributed by atoms with E-state index < -0.39 is 0 Å². The molecule has 1 heterocycles. The van der Waals surface area contributed by atoms with Gasteiger partial charge < -0.3 is 10.1 Å². The number of rotatable bonds is 3. The molecule has 3 heteroatoms. The van der Waals surface area contributed by atoms with Gasteiger partial charge in [0.1, 0.15) is 11.9 Å². The van der Waals surface area contributed by atoms with Gasteiger partial charge in [0.25, 0.3) is 0 Å². The monoisotopic (exact) mass is 275 g/mol. The van der Waals surface area contributed by atoms with Crippen molar-refractivity contribution in [3.8, 4) is 5.75 Å². The molecule has 1 aliphatic rings. The molecule has 100 valence electrons. The van der Waals surface area contributed by atoms with E-state index in [0.717, 1.165) is 34.5 Å².